The Labute approximate surface area is 198 Å². The van der Waals surface area contributed by atoms with Gasteiger partial charge in [0, 0.05) is 6.61 Å². The molecule has 0 aliphatic carbocycles. The monoisotopic (exact) mass is 482 g/mol. The van der Waals surface area contributed by atoms with E-state index in [0.717, 1.165) is 5.56 Å². The summed E-state index contributed by atoms with van der Waals surface area (Å²) < 4.78 is 27.7. The molecule has 0 aromatic heterocycles. The number of hydrogen-bond donors (Lipinski definition) is 5. The van der Waals surface area contributed by atoms with E-state index in [2.05, 4.69) is 0 Å². The molecule has 0 unspecified atom stereocenters. The van der Waals surface area contributed by atoms with Crippen molar-refractivity contribution >= 4 is 0 Å². The van der Waals surface area contributed by atoms with Crippen LogP contribution in [0.5, 0.6) is 28.7 Å². The van der Waals surface area contributed by atoms with Crippen LogP contribution in [0.2, 0.25) is 0 Å². The van der Waals surface area contributed by atoms with Crippen LogP contribution in [0.15, 0.2) is 30.3 Å². The van der Waals surface area contributed by atoms with E-state index in [1.165, 1.54) is 33.5 Å². The van der Waals surface area contributed by atoms with Gasteiger partial charge >= 0.3 is 0 Å². The minimum absolute atomic E-state index is 0.0512. The Balaban J connectivity index is 2.31. The predicted molar refractivity (Wildman–Crippen MR) is 123 cm³/mol. The molecule has 0 saturated heterocycles. The number of aliphatic hydroxyl groups excluding tert-OH is 5. The van der Waals surface area contributed by atoms with Gasteiger partial charge in [-0.1, -0.05) is 6.07 Å². The highest BCUT2D eigenvalue weighted by atomic mass is 16.6. The predicted octanol–water partition coefficient (Wildman–Crippen LogP) is 0.843. The van der Waals surface area contributed by atoms with Gasteiger partial charge in [0.1, 0.15) is 12.2 Å². The molecule has 10 heteroatoms. The first-order valence-corrected chi connectivity index (χ1v) is 10.8. The third-order valence-electron chi connectivity index (χ3n) is 5.18. The van der Waals surface area contributed by atoms with E-state index < -0.39 is 24.9 Å². The van der Waals surface area contributed by atoms with Crippen LogP contribution in [0, 0.1) is 0 Å². The summed E-state index contributed by atoms with van der Waals surface area (Å²) in [5.41, 5.74) is 1.26. The number of methoxy groups -OCH3 is 3. The fraction of sp³-hybridized carbons (Fsp3) is 0.500. The lowest BCUT2D eigenvalue weighted by atomic mass is 10.0. The van der Waals surface area contributed by atoms with Gasteiger partial charge in [0.25, 0.3) is 0 Å². The highest BCUT2D eigenvalue weighted by Gasteiger charge is 2.27. The van der Waals surface area contributed by atoms with Gasteiger partial charge in [0.05, 0.1) is 41.2 Å². The molecule has 0 bridgehead atoms. The lowest BCUT2D eigenvalue weighted by Crippen LogP contribution is -2.29. The van der Waals surface area contributed by atoms with Crippen molar-refractivity contribution in [3.8, 4) is 28.7 Å². The van der Waals surface area contributed by atoms with Gasteiger partial charge in [0.15, 0.2) is 29.1 Å². The topological polar surface area (TPSA) is 147 Å². The minimum atomic E-state index is -1.26. The third kappa shape index (κ3) is 6.87. The number of aliphatic hydroxyl groups is 5. The third-order valence-corrected chi connectivity index (χ3v) is 5.18. The second-order valence-corrected chi connectivity index (χ2v) is 7.46. The van der Waals surface area contributed by atoms with E-state index in [1.807, 2.05) is 0 Å². The summed E-state index contributed by atoms with van der Waals surface area (Å²) in [6, 6.07) is 8.11. The average Bonchev–Trinajstić information content (AvgIpc) is 2.88. The molecule has 0 radical (unpaired) electrons. The molecule has 2 aromatic rings. The van der Waals surface area contributed by atoms with Crippen molar-refractivity contribution in [2.45, 2.75) is 31.2 Å². The van der Waals surface area contributed by atoms with Crippen LogP contribution in [0.3, 0.4) is 0 Å². The van der Waals surface area contributed by atoms with E-state index in [-0.39, 0.29) is 37.1 Å². The molecule has 10 nitrogen and oxygen atoms in total. The number of benzene rings is 2. The zero-order chi connectivity index (χ0) is 25.1. The average molecular weight is 483 g/mol. The maximum Gasteiger partial charge on any atom is 0.204 e. The maximum atomic E-state index is 11.0. The standard InChI is InChI=1S/C24H34O10/c1-30-19-11-16(6-7-18(19)33-17(12-26)13-27)23(29)22(14-28)34-24-20(31-2)9-15(5-4-8-25)10-21(24)32-3/h6-7,9-11,17,22-23,25-29H,4-5,8,12-14H2,1-3H3/t22-,23-/m1/s1. The summed E-state index contributed by atoms with van der Waals surface area (Å²) in [6.07, 6.45) is -1.98. The first-order chi connectivity index (χ1) is 16.5. The van der Waals surface area contributed by atoms with E-state index in [1.54, 1.807) is 18.2 Å². The SMILES string of the molecule is COc1cc([C@@H](O)[C@@H](CO)Oc2c(OC)cc(CCCO)cc2OC)ccc1OC(CO)CO. The Bertz CT molecular complexity index is 859. The zero-order valence-corrected chi connectivity index (χ0v) is 19.6. The minimum Gasteiger partial charge on any atom is -0.493 e. The van der Waals surface area contributed by atoms with Crippen molar-refractivity contribution in [2.24, 2.45) is 0 Å². The zero-order valence-electron chi connectivity index (χ0n) is 19.6. The fourth-order valence-electron chi connectivity index (χ4n) is 3.32. The van der Waals surface area contributed by atoms with Crippen LogP contribution in [-0.4, -0.2) is 85.5 Å². The molecule has 0 spiro atoms. The quantitative estimate of drug-likeness (QED) is 0.247. The molecule has 0 saturated carbocycles. The molecule has 0 aliphatic heterocycles. The largest absolute Gasteiger partial charge is 0.493 e. The van der Waals surface area contributed by atoms with Crippen LogP contribution < -0.4 is 23.7 Å². The van der Waals surface area contributed by atoms with E-state index in [4.69, 9.17) is 28.8 Å². The van der Waals surface area contributed by atoms with E-state index in [0.29, 0.717) is 29.9 Å². The normalized spacial score (nSPS) is 12.9. The van der Waals surface area contributed by atoms with Crippen LogP contribution in [0.1, 0.15) is 23.7 Å². The van der Waals surface area contributed by atoms with Gasteiger partial charge in [0.2, 0.25) is 5.75 Å². The first-order valence-electron chi connectivity index (χ1n) is 10.8. The van der Waals surface area contributed by atoms with Gasteiger partial charge in [-0.15, -0.1) is 0 Å². The molecule has 0 amide bonds. The summed E-state index contributed by atoms with van der Waals surface area (Å²) in [5, 5.41) is 48.5. The number of ether oxygens (including phenoxy) is 5. The first kappa shape index (κ1) is 27.5. The molecule has 2 rings (SSSR count). The van der Waals surface area contributed by atoms with Gasteiger partial charge in [-0.2, -0.15) is 0 Å². The van der Waals surface area contributed by atoms with Crippen molar-refractivity contribution in [3.63, 3.8) is 0 Å². The molecule has 0 fully saturated rings. The summed E-state index contributed by atoms with van der Waals surface area (Å²) in [5.74, 6) is 1.48. The van der Waals surface area contributed by atoms with Crippen LogP contribution in [-0.2, 0) is 6.42 Å². The Morgan fingerprint density at radius 2 is 1.35 bits per heavy atom. The molecule has 2 aromatic carbocycles. The van der Waals surface area contributed by atoms with E-state index >= 15 is 0 Å². The number of hydrogen-bond acceptors (Lipinski definition) is 10. The van der Waals surface area contributed by atoms with Crippen molar-refractivity contribution in [3.05, 3.63) is 41.5 Å². The van der Waals surface area contributed by atoms with Crippen LogP contribution >= 0.6 is 0 Å². The van der Waals surface area contributed by atoms with Crippen molar-refractivity contribution in [1.82, 2.24) is 0 Å². The van der Waals surface area contributed by atoms with Gasteiger partial charge in [-0.05, 0) is 48.2 Å². The van der Waals surface area contributed by atoms with Crippen molar-refractivity contribution in [1.29, 1.82) is 0 Å². The lowest BCUT2D eigenvalue weighted by Gasteiger charge is -2.26. The van der Waals surface area contributed by atoms with Gasteiger partial charge in [-0.25, -0.2) is 0 Å². The number of aryl methyl sites for hydroxylation is 1. The molecule has 0 heterocycles. The Hall–Kier alpha value is -2.76. The van der Waals surface area contributed by atoms with Crippen molar-refractivity contribution < 1.29 is 49.2 Å². The molecule has 2 atom stereocenters. The lowest BCUT2D eigenvalue weighted by molar-refractivity contribution is -0.00183. The highest BCUT2D eigenvalue weighted by Crippen LogP contribution is 2.41. The highest BCUT2D eigenvalue weighted by molar-refractivity contribution is 5.54. The van der Waals surface area contributed by atoms with Crippen molar-refractivity contribution in [2.75, 3.05) is 47.8 Å². The maximum absolute atomic E-state index is 11.0. The Morgan fingerprint density at radius 1 is 0.735 bits per heavy atom. The molecule has 0 aliphatic rings. The second-order valence-electron chi connectivity index (χ2n) is 7.46. The molecule has 5 N–H and O–H groups in total. The van der Waals surface area contributed by atoms with Gasteiger partial charge in [-0.3, -0.25) is 0 Å². The van der Waals surface area contributed by atoms with Crippen LogP contribution in [0.25, 0.3) is 0 Å². The summed E-state index contributed by atoms with van der Waals surface area (Å²) >= 11 is 0. The summed E-state index contributed by atoms with van der Waals surface area (Å²) in [4.78, 5) is 0. The Morgan fingerprint density at radius 3 is 1.85 bits per heavy atom. The summed E-state index contributed by atoms with van der Waals surface area (Å²) in [7, 11) is 4.36. The Kier molecular flexibility index (Phi) is 11.2. The van der Waals surface area contributed by atoms with E-state index in [9.17, 15) is 20.4 Å². The second kappa shape index (κ2) is 13.8. The molecule has 190 valence electrons. The molecular formula is C24H34O10. The smallest absolute Gasteiger partial charge is 0.204 e. The van der Waals surface area contributed by atoms with Gasteiger partial charge < -0.3 is 49.2 Å². The number of rotatable bonds is 15. The van der Waals surface area contributed by atoms with Crippen LogP contribution in [0.4, 0.5) is 0 Å². The fourth-order valence-corrected chi connectivity index (χ4v) is 3.32. The summed E-state index contributed by atoms with van der Waals surface area (Å²) in [6.45, 7) is -1.23. The molecule has 34 heavy (non-hydrogen) atoms. The molecular weight excluding hydrogens is 448 g/mol.